The highest BCUT2D eigenvalue weighted by molar-refractivity contribution is 7.19. The lowest BCUT2D eigenvalue weighted by Gasteiger charge is -2.05. The molecule has 1 amide bonds. The van der Waals surface area contributed by atoms with Crippen molar-refractivity contribution in [3.8, 4) is 0 Å². The smallest absolute Gasteiger partial charge is 0.343 e. The van der Waals surface area contributed by atoms with Gasteiger partial charge in [-0.25, -0.2) is 4.79 Å². The molecule has 0 unspecified atom stereocenters. The molecule has 0 spiro atoms. The Hall–Kier alpha value is -2.02. The maximum atomic E-state index is 12.0. The molecule has 0 aliphatic heterocycles. The van der Waals surface area contributed by atoms with E-state index in [0.29, 0.717) is 23.0 Å². The molecular weight excluding hydrogens is 290 g/mol. The number of rotatable bonds is 8. The Morgan fingerprint density at radius 1 is 1.48 bits per heavy atom. The van der Waals surface area contributed by atoms with Crippen LogP contribution in [0, 0.1) is 0 Å². The van der Waals surface area contributed by atoms with Gasteiger partial charge in [-0.1, -0.05) is 19.4 Å². The minimum absolute atomic E-state index is 0.146. The van der Waals surface area contributed by atoms with Crippen LogP contribution in [-0.2, 0) is 4.74 Å². The number of thiophene rings is 1. The quantitative estimate of drug-likeness (QED) is 0.389. The monoisotopic (exact) mass is 311 g/mol. The number of esters is 1. The molecule has 0 aliphatic rings. The van der Waals surface area contributed by atoms with Gasteiger partial charge in [0, 0.05) is 13.1 Å². The molecule has 0 fully saturated rings. The summed E-state index contributed by atoms with van der Waals surface area (Å²) >= 11 is 1.16. The van der Waals surface area contributed by atoms with Crippen LogP contribution in [0.25, 0.3) is 0 Å². The maximum absolute atomic E-state index is 12.0. The lowest BCUT2D eigenvalue weighted by molar-refractivity contribution is 0.0603. The summed E-state index contributed by atoms with van der Waals surface area (Å²) in [5.74, 6) is -0.878. The number of hydrogen-bond donors (Lipinski definition) is 3. The van der Waals surface area contributed by atoms with Crippen LogP contribution in [0.2, 0.25) is 0 Å². The molecule has 4 N–H and O–H groups in total. The average molecular weight is 311 g/mol. The van der Waals surface area contributed by atoms with Crippen LogP contribution >= 0.6 is 11.3 Å². The molecule has 21 heavy (non-hydrogen) atoms. The van der Waals surface area contributed by atoms with Crippen molar-refractivity contribution in [3.63, 3.8) is 0 Å². The van der Waals surface area contributed by atoms with Gasteiger partial charge in [-0.05, 0) is 6.42 Å². The molecule has 0 atom stereocenters. The fraction of sp³-hybridized carbons (Fsp3) is 0.429. The third-order valence-electron chi connectivity index (χ3n) is 2.76. The van der Waals surface area contributed by atoms with Gasteiger partial charge in [0.25, 0.3) is 5.91 Å². The number of nitrogens with one attached hydrogen (secondary N) is 2. The first-order valence-corrected chi connectivity index (χ1v) is 7.51. The van der Waals surface area contributed by atoms with Crippen LogP contribution in [0.3, 0.4) is 0 Å². The number of unbranched alkanes of at least 4 members (excludes halogenated alkanes) is 1. The van der Waals surface area contributed by atoms with Gasteiger partial charge >= 0.3 is 5.97 Å². The standard InChI is InChI=1S/C14H21N3O3S/c1-4-6-8-17-13-9(14(19)20-3)10(15)11(21-13)12(18)16-7-5-2/h5,17H,2,4,6-8,15H2,1,3H3,(H,16,18). The van der Waals surface area contributed by atoms with Gasteiger partial charge in [0.2, 0.25) is 0 Å². The number of anilines is 2. The van der Waals surface area contributed by atoms with Crippen molar-refractivity contribution in [1.29, 1.82) is 0 Å². The van der Waals surface area contributed by atoms with E-state index >= 15 is 0 Å². The summed E-state index contributed by atoms with van der Waals surface area (Å²) < 4.78 is 4.74. The molecule has 7 heteroatoms. The summed E-state index contributed by atoms with van der Waals surface area (Å²) in [6.45, 7) is 6.64. The Kier molecular flexibility index (Phi) is 6.74. The SMILES string of the molecule is C=CCNC(=O)c1sc(NCCCC)c(C(=O)OC)c1N. The third-order valence-corrected chi connectivity index (χ3v) is 3.93. The summed E-state index contributed by atoms with van der Waals surface area (Å²) in [6, 6.07) is 0. The fourth-order valence-electron chi connectivity index (χ4n) is 1.67. The van der Waals surface area contributed by atoms with Crippen molar-refractivity contribution in [2.24, 2.45) is 0 Å². The van der Waals surface area contributed by atoms with Crippen molar-refractivity contribution in [2.75, 3.05) is 31.2 Å². The molecule has 0 saturated carbocycles. The molecule has 1 aromatic heterocycles. The van der Waals surface area contributed by atoms with Crippen molar-refractivity contribution in [3.05, 3.63) is 23.1 Å². The summed E-state index contributed by atoms with van der Waals surface area (Å²) in [6.07, 6.45) is 3.55. The molecule has 0 radical (unpaired) electrons. The van der Waals surface area contributed by atoms with E-state index in [9.17, 15) is 9.59 Å². The van der Waals surface area contributed by atoms with Crippen molar-refractivity contribution < 1.29 is 14.3 Å². The number of carbonyl (C=O) groups is 2. The van der Waals surface area contributed by atoms with E-state index in [1.165, 1.54) is 7.11 Å². The zero-order chi connectivity index (χ0) is 15.8. The van der Waals surface area contributed by atoms with E-state index in [4.69, 9.17) is 10.5 Å². The molecule has 1 heterocycles. The zero-order valence-corrected chi connectivity index (χ0v) is 13.1. The minimum Gasteiger partial charge on any atom is -0.465 e. The van der Waals surface area contributed by atoms with Crippen LogP contribution in [-0.4, -0.2) is 32.1 Å². The lowest BCUT2D eigenvalue weighted by atomic mass is 10.2. The van der Waals surface area contributed by atoms with Crippen molar-refractivity contribution in [1.82, 2.24) is 5.32 Å². The largest absolute Gasteiger partial charge is 0.465 e. The summed E-state index contributed by atoms with van der Waals surface area (Å²) in [4.78, 5) is 24.2. The highest BCUT2D eigenvalue weighted by Gasteiger charge is 2.25. The van der Waals surface area contributed by atoms with Crippen LogP contribution in [0.1, 0.15) is 39.8 Å². The average Bonchev–Trinajstić information content (AvgIpc) is 2.81. The Balaban J connectivity index is 3.07. The number of ether oxygens (including phenoxy) is 1. The molecule has 116 valence electrons. The predicted molar refractivity (Wildman–Crippen MR) is 86.0 cm³/mol. The van der Waals surface area contributed by atoms with E-state index in [1.807, 2.05) is 0 Å². The van der Waals surface area contributed by atoms with Crippen LogP contribution in [0.15, 0.2) is 12.7 Å². The molecule has 0 bridgehead atoms. The van der Waals surface area contributed by atoms with Gasteiger partial charge in [0.1, 0.15) is 15.4 Å². The van der Waals surface area contributed by atoms with Gasteiger partial charge in [0.05, 0.1) is 12.8 Å². The normalized spacial score (nSPS) is 10.0. The van der Waals surface area contributed by atoms with E-state index in [0.717, 1.165) is 24.2 Å². The minimum atomic E-state index is -0.550. The Morgan fingerprint density at radius 2 is 2.19 bits per heavy atom. The van der Waals surface area contributed by atoms with Crippen LogP contribution in [0.4, 0.5) is 10.7 Å². The third kappa shape index (κ3) is 4.22. The van der Waals surface area contributed by atoms with Gasteiger partial charge in [-0.3, -0.25) is 4.79 Å². The Labute approximate surface area is 128 Å². The molecular formula is C14H21N3O3S. The second kappa shape index (κ2) is 8.31. The number of methoxy groups -OCH3 is 1. The summed E-state index contributed by atoms with van der Waals surface area (Å²) in [5.41, 5.74) is 6.31. The predicted octanol–water partition coefficient (Wildman–Crippen LogP) is 2.24. The summed E-state index contributed by atoms with van der Waals surface area (Å²) in [7, 11) is 1.28. The maximum Gasteiger partial charge on any atom is 0.343 e. The lowest BCUT2D eigenvalue weighted by Crippen LogP contribution is -2.23. The van der Waals surface area contributed by atoms with Gasteiger partial charge in [0.15, 0.2) is 0 Å². The fourth-order valence-corrected chi connectivity index (χ4v) is 2.72. The molecule has 0 aromatic carbocycles. The number of hydrogen-bond acceptors (Lipinski definition) is 6. The van der Waals surface area contributed by atoms with E-state index in [1.54, 1.807) is 6.08 Å². The van der Waals surface area contributed by atoms with Crippen LogP contribution in [0.5, 0.6) is 0 Å². The zero-order valence-electron chi connectivity index (χ0n) is 12.3. The first-order chi connectivity index (χ1) is 10.1. The van der Waals surface area contributed by atoms with Crippen molar-refractivity contribution >= 4 is 33.9 Å². The van der Waals surface area contributed by atoms with E-state index in [2.05, 4.69) is 24.1 Å². The summed E-state index contributed by atoms with van der Waals surface area (Å²) in [5, 5.41) is 6.35. The highest BCUT2D eigenvalue weighted by Crippen LogP contribution is 2.36. The first-order valence-electron chi connectivity index (χ1n) is 6.70. The first kappa shape index (κ1) is 17.0. The topological polar surface area (TPSA) is 93.5 Å². The molecule has 1 aromatic rings. The van der Waals surface area contributed by atoms with E-state index in [-0.39, 0.29) is 17.2 Å². The number of nitrogen functional groups attached to an aromatic ring is 1. The highest BCUT2D eigenvalue weighted by atomic mass is 32.1. The second-order valence-corrected chi connectivity index (χ2v) is 5.34. The number of nitrogens with two attached hydrogens (primary N) is 1. The van der Waals surface area contributed by atoms with Gasteiger partial charge in [-0.2, -0.15) is 0 Å². The molecule has 0 saturated heterocycles. The number of amides is 1. The number of carbonyl (C=O) groups excluding carboxylic acids is 2. The Morgan fingerprint density at radius 3 is 2.76 bits per heavy atom. The molecule has 0 aliphatic carbocycles. The Bertz CT molecular complexity index is 526. The van der Waals surface area contributed by atoms with Crippen LogP contribution < -0.4 is 16.4 Å². The molecule has 6 nitrogen and oxygen atoms in total. The van der Waals surface area contributed by atoms with Gasteiger partial charge < -0.3 is 21.1 Å². The van der Waals surface area contributed by atoms with E-state index < -0.39 is 5.97 Å². The molecule has 1 rings (SSSR count). The second-order valence-electron chi connectivity index (χ2n) is 4.32. The van der Waals surface area contributed by atoms with Crippen molar-refractivity contribution in [2.45, 2.75) is 19.8 Å². The van der Waals surface area contributed by atoms with Gasteiger partial charge in [-0.15, -0.1) is 17.9 Å².